The van der Waals surface area contributed by atoms with Gasteiger partial charge in [0.2, 0.25) is 0 Å². The van der Waals surface area contributed by atoms with Gasteiger partial charge in [-0.15, -0.1) is 0 Å². The highest BCUT2D eigenvalue weighted by atomic mass is 79.9. The molecule has 5 heteroatoms. The molecule has 0 fully saturated rings. The first-order valence-electron chi connectivity index (χ1n) is 6.03. The SMILES string of the molecule is CCN(/C=C(/C#N)C(=O)Nc1ccc(Br)cc1)CC. The Labute approximate surface area is 121 Å². The molecule has 0 aliphatic heterocycles. The Bertz CT molecular complexity index is 498. The van der Waals surface area contributed by atoms with E-state index in [0.29, 0.717) is 5.69 Å². The van der Waals surface area contributed by atoms with Crippen molar-refractivity contribution in [2.24, 2.45) is 0 Å². The number of carbonyl (C=O) groups excluding carboxylic acids is 1. The van der Waals surface area contributed by atoms with E-state index in [1.165, 1.54) is 0 Å². The largest absolute Gasteiger partial charge is 0.377 e. The van der Waals surface area contributed by atoms with Crippen LogP contribution in [0.15, 0.2) is 40.5 Å². The third kappa shape index (κ3) is 4.76. The van der Waals surface area contributed by atoms with E-state index in [2.05, 4.69) is 21.2 Å². The van der Waals surface area contributed by atoms with Crippen molar-refractivity contribution in [3.63, 3.8) is 0 Å². The van der Waals surface area contributed by atoms with Crippen molar-refractivity contribution in [2.75, 3.05) is 18.4 Å². The molecule has 1 aromatic rings. The summed E-state index contributed by atoms with van der Waals surface area (Å²) >= 11 is 3.32. The minimum absolute atomic E-state index is 0.103. The van der Waals surface area contributed by atoms with Gasteiger partial charge in [-0.3, -0.25) is 4.79 Å². The van der Waals surface area contributed by atoms with Crippen LogP contribution in [0.25, 0.3) is 0 Å². The maximum atomic E-state index is 12.0. The smallest absolute Gasteiger partial charge is 0.267 e. The van der Waals surface area contributed by atoms with Crippen molar-refractivity contribution >= 4 is 27.5 Å². The fourth-order valence-corrected chi connectivity index (χ4v) is 1.72. The van der Waals surface area contributed by atoms with Gasteiger partial charge in [-0.1, -0.05) is 15.9 Å². The molecule has 0 heterocycles. The maximum Gasteiger partial charge on any atom is 0.267 e. The van der Waals surface area contributed by atoms with E-state index in [-0.39, 0.29) is 5.57 Å². The molecule has 0 spiro atoms. The van der Waals surface area contributed by atoms with E-state index in [9.17, 15) is 4.79 Å². The summed E-state index contributed by atoms with van der Waals surface area (Å²) < 4.78 is 0.935. The van der Waals surface area contributed by atoms with Crippen molar-refractivity contribution in [3.05, 3.63) is 40.5 Å². The zero-order chi connectivity index (χ0) is 14.3. The molecule has 0 radical (unpaired) electrons. The first kappa shape index (κ1) is 15.3. The third-order valence-corrected chi connectivity index (χ3v) is 3.12. The highest BCUT2D eigenvalue weighted by Crippen LogP contribution is 2.14. The molecule has 0 saturated carbocycles. The Hall–Kier alpha value is -1.80. The summed E-state index contributed by atoms with van der Waals surface area (Å²) in [6.45, 7) is 5.46. The highest BCUT2D eigenvalue weighted by Gasteiger charge is 2.10. The number of anilines is 1. The topological polar surface area (TPSA) is 56.1 Å². The van der Waals surface area contributed by atoms with Gasteiger partial charge < -0.3 is 10.2 Å². The number of hydrogen-bond acceptors (Lipinski definition) is 3. The minimum atomic E-state index is -0.392. The van der Waals surface area contributed by atoms with Crippen LogP contribution in [0.3, 0.4) is 0 Å². The van der Waals surface area contributed by atoms with Crippen molar-refractivity contribution in [1.29, 1.82) is 5.26 Å². The second kappa shape index (κ2) is 7.59. The molecule has 4 nitrogen and oxygen atoms in total. The molecule has 1 N–H and O–H groups in total. The van der Waals surface area contributed by atoms with Crippen molar-refractivity contribution in [1.82, 2.24) is 4.90 Å². The van der Waals surface area contributed by atoms with Gasteiger partial charge in [0.1, 0.15) is 11.6 Å². The van der Waals surface area contributed by atoms with E-state index < -0.39 is 5.91 Å². The van der Waals surface area contributed by atoms with E-state index in [4.69, 9.17) is 5.26 Å². The van der Waals surface area contributed by atoms with Gasteiger partial charge in [0.05, 0.1) is 0 Å². The number of amides is 1. The van der Waals surface area contributed by atoms with Crippen LogP contribution in [-0.4, -0.2) is 23.9 Å². The number of carbonyl (C=O) groups is 1. The lowest BCUT2D eigenvalue weighted by atomic mass is 10.2. The van der Waals surface area contributed by atoms with Crippen LogP contribution in [0.2, 0.25) is 0 Å². The second-order valence-electron chi connectivity index (χ2n) is 3.84. The van der Waals surface area contributed by atoms with Gasteiger partial charge in [0.15, 0.2) is 0 Å². The lowest BCUT2D eigenvalue weighted by Gasteiger charge is -2.15. The Morgan fingerprint density at radius 1 is 1.37 bits per heavy atom. The summed E-state index contributed by atoms with van der Waals surface area (Å²) in [7, 11) is 0. The number of halogens is 1. The molecule has 1 rings (SSSR count). The van der Waals surface area contributed by atoms with Crippen LogP contribution < -0.4 is 5.32 Å². The van der Waals surface area contributed by atoms with Crippen LogP contribution in [0.5, 0.6) is 0 Å². The van der Waals surface area contributed by atoms with Gasteiger partial charge >= 0.3 is 0 Å². The Kier molecular flexibility index (Phi) is 6.10. The highest BCUT2D eigenvalue weighted by molar-refractivity contribution is 9.10. The monoisotopic (exact) mass is 321 g/mol. The van der Waals surface area contributed by atoms with Gasteiger partial charge in [0.25, 0.3) is 5.91 Å². The standard InChI is InChI=1S/C14H16BrN3O/c1-3-18(4-2)10-11(9-16)14(19)17-13-7-5-12(15)6-8-13/h5-8,10H,3-4H2,1-2H3,(H,17,19)/b11-10-. The van der Waals surface area contributed by atoms with E-state index in [1.807, 2.05) is 36.9 Å². The Morgan fingerprint density at radius 2 is 1.95 bits per heavy atom. The molecule has 0 atom stereocenters. The van der Waals surface area contributed by atoms with Crippen LogP contribution in [0, 0.1) is 11.3 Å². The molecule has 100 valence electrons. The number of hydrogen-bond donors (Lipinski definition) is 1. The minimum Gasteiger partial charge on any atom is -0.377 e. The number of benzene rings is 1. The summed E-state index contributed by atoms with van der Waals surface area (Å²) in [6, 6.07) is 9.13. The third-order valence-electron chi connectivity index (χ3n) is 2.59. The average Bonchev–Trinajstić information content (AvgIpc) is 2.42. The van der Waals surface area contributed by atoms with Gasteiger partial charge in [-0.25, -0.2) is 0 Å². The molecule has 0 aliphatic rings. The molecule has 0 unspecified atom stereocenters. The Balaban J connectivity index is 2.80. The van der Waals surface area contributed by atoms with Gasteiger partial charge in [0, 0.05) is 29.4 Å². The molecule has 0 aliphatic carbocycles. The quantitative estimate of drug-likeness (QED) is 0.669. The number of rotatable bonds is 5. The number of nitrogens with zero attached hydrogens (tertiary/aromatic N) is 2. The second-order valence-corrected chi connectivity index (χ2v) is 4.75. The first-order chi connectivity index (χ1) is 9.10. The fraction of sp³-hybridized carbons (Fsp3) is 0.286. The number of nitriles is 1. The molecular formula is C14H16BrN3O. The Morgan fingerprint density at radius 3 is 2.42 bits per heavy atom. The first-order valence-corrected chi connectivity index (χ1v) is 6.82. The van der Waals surface area contributed by atoms with E-state index in [0.717, 1.165) is 17.6 Å². The summed E-state index contributed by atoms with van der Waals surface area (Å²) in [4.78, 5) is 13.9. The van der Waals surface area contributed by atoms with Crippen molar-refractivity contribution < 1.29 is 4.79 Å². The molecule has 19 heavy (non-hydrogen) atoms. The van der Waals surface area contributed by atoms with Crippen LogP contribution >= 0.6 is 15.9 Å². The van der Waals surface area contributed by atoms with Crippen molar-refractivity contribution in [2.45, 2.75) is 13.8 Å². The summed E-state index contributed by atoms with van der Waals surface area (Å²) in [6.07, 6.45) is 1.59. The molecule has 0 aromatic heterocycles. The van der Waals surface area contributed by atoms with E-state index >= 15 is 0 Å². The molecule has 0 saturated heterocycles. The normalized spacial score (nSPS) is 10.7. The lowest BCUT2D eigenvalue weighted by Crippen LogP contribution is -2.20. The van der Waals surface area contributed by atoms with Crippen LogP contribution in [0.1, 0.15) is 13.8 Å². The molecule has 0 bridgehead atoms. The maximum absolute atomic E-state index is 12.0. The predicted octanol–water partition coefficient (Wildman–Crippen LogP) is 3.14. The molecular weight excluding hydrogens is 306 g/mol. The van der Waals surface area contributed by atoms with Crippen LogP contribution in [0.4, 0.5) is 5.69 Å². The molecule has 1 aromatic carbocycles. The van der Waals surface area contributed by atoms with Crippen LogP contribution in [-0.2, 0) is 4.79 Å². The summed E-state index contributed by atoms with van der Waals surface area (Å²) in [5.74, 6) is -0.392. The van der Waals surface area contributed by atoms with E-state index in [1.54, 1.807) is 18.3 Å². The lowest BCUT2D eigenvalue weighted by molar-refractivity contribution is -0.112. The van der Waals surface area contributed by atoms with Gasteiger partial charge in [-0.2, -0.15) is 5.26 Å². The zero-order valence-corrected chi connectivity index (χ0v) is 12.6. The molecule has 1 amide bonds. The summed E-state index contributed by atoms with van der Waals surface area (Å²) in [5.41, 5.74) is 0.764. The predicted molar refractivity (Wildman–Crippen MR) is 79.4 cm³/mol. The van der Waals surface area contributed by atoms with Gasteiger partial charge in [-0.05, 0) is 38.1 Å². The van der Waals surface area contributed by atoms with Crippen molar-refractivity contribution in [3.8, 4) is 6.07 Å². The summed E-state index contributed by atoms with van der Waals surface area (Å²) in [5, 5.41) is 11.7. The average molecular weight is 322 g/mol. The zero-order valence-electron chi connectivity index (χ0n) is 11.0. The number of nitrogens with one attached hydrogen (secondary N) is 1. The fourth-order valence-electron chi connectivity index (χ4n) is 1.46.